The predicted octanol–water partition coefficient (Wildman–Crippen LogP) is 6.70. The van der Waals surface area contributed by atoms with Gasteiger partial charge in [-0.05, 0) is 85.7 Å². The maximum absolute atomic E-state index is 13.3. The number of amides is 2. The van der Waals surface area contributed by atoms with Crippen LogP contribution < -0.4 is 15.4 Å². The first-order valence-electron chi connectivity index (χ1n) is 12.9. The quantitative estimate of drug-likeness (QED) is 0.177. The summed E-state index contributed by atoms with van der Waals surface area (Å²) in [4.78, 5) is 38.7. The largest absolute Gasteiger partial charge is 0.494 e. The number of allylic oxidation sites excluding steroid dienone is 1. The van der Waals surface area contributed by atoms with Crippen molar-refractivity contribution in [1.29, 1.82) is 0 Å². The highest BCUT2D eigenvalue weighted by molar-refractivity contribution is 6.11. The van der Waals surface area contributed by atoms with Gasteiger partial charge in [0.05, 0.1) is 6.61 Å². The number of hydrogen-bond donors (Lipinski definition) is 2. The van der Waals surface area contributed by atoms with E-state index in [0.29, 0.717) is 34.7 Å². The lowest BCUT2D eigenvalue weighted by atomic mass is 10.1. The molecule has 0 fully saturated rings. The highest BCUT2D eigenvalue weighted by Crippen LogP contribution is 2.17. The Kier molecular flexibility index (Phi) is 9.40. The monoisotopic (exact) mass is 530 g/mol. The normalized spacial score (nSPS) is 11.2. The molecule has 0 aliphatic heterocycles. The van der Waals surface area contributed by atoms with Gasteiger partial charge in [-0.25, -0.2) is 0 Å². The minimum absolute atomic E-state index is 0.0687. The molecule has 4 rings (SSSR count). The van der Waals surface area contributed by atoms with E-state index in [-0.39, 0.29) is 11.5 Å². The maximum Gasteiger partial charge on any atom is 0.272 e. The van der Waals surface area contributed by atoms with Crippen LogP contribution in [0.2, 0.25) is 0 Å². The second kappa shape index (κ2) is 13.5. The summed E-state index contributed by atoms with van der Waals surface area (Å²) < 4.78 is 5.49. The number of carbonyl (C=O) groups excluding carboxylic acids is 3. The van der Waals surface area contributed by atoms with Crippen molar-refractivity contribution >= 4 is 35.4 Å². The Hall–Kier alpha value is -5.23. The number of rotatable bonds is 10. The Morgan fingerprint density at radius 3 is 2.05 bits per heavy atom. The van der Waals surface area contributed by atoms with E-state index in [1.807, 2.05) is 44.2 Å². The average Bonchev–Trinajstić information content (AvgIpc) is 2.98. The number of benzene rings is 4. The molecule has 0 aromatic heterocycles. The van der Waals surface area contributed by atoms with Gasteiger partial charge in [-0.2, -0.15) is 0 Å². The van der Waals surface area contributed by atoms with Gasteiger partial charge in [0.15, 0.2) is 5.78 Å². The van der Waals surface area contributed by atoms with Gasteiger partial charge in [0.25, 0.3) is 11.8 Å². The summed E-state index contributed by atoms with van der Waals surface area (Å²) in [6, 6.07) is 30.3. The van der Waals surface area contributed by atoms with Gasteiger partial charge >= 0.3 is 0 Å². The smallest absolute Gasteiger partial charge is 0.272 e. The van der Waals surface area contributed by atoms with Gasteiger partial charge in [-0.15, -0.1) is 0 Å². The standard InChI is InChI=1S/C34H30N2O4/c1-3-40-30-20-13-26(14-21-30)23-31(36-33(38)28-7-5-4-6-8-28)34(39)35-29-18-16-27(17-19-29)32(37)22-15-25-11-9-24(2)10-12-25/h4-23H,3H2,1-2H3,(H,35,39)(H,36,38)/b22-15+,31-23-. The van der Waals surface area contributed by atoms with E-state index in [9.17, 15) is 14.4 Å². The van der Waals surface area contributed by atoms with Crippen molar-refractivity contribution in [2.24, 2.45) is 0 Å². The SMILES string of the molecule is CCOc1ccc(/C=C(\NC(=O)c2ccccc2)C(=O)Nc2ccc(C(=O)/C=C/c3ccc(C)cc3)cc2)cc1. The van der Waals surface area contributed by atoms with Crippen LogP contribution in [0, 0.1) is 6.92 Å². The molecule has 0 aliphatic rings. The summed E-state index contributed by atoms with van der Waals surface area (Å²) in [5, 5.41) is 5.53. The summed E-state index contributed by atoms with van der Waals surface area (Å²) >= 11 is 0. The third-order valence-electron chi connectivity index (χ3n) is 5.96. The fourth-order valence-corrected chi connectivity index (χ4v) is 3.80. The van der Waals surface area contributed by atoms with Crippen LogP contribution in [0.4, 0.5) is 5.69 Å². The summed E-state index contributed by atoms with van der Waals surface area (Å²) in [6.07, 6.45) is 4.89. The zero-order chi connectivity index (χ0) is 28.3. The van der Waals surface area contributed by atoms with Crippen LogP contribution in [0.1, 0.15) is 44.3 Å². The molecule has 0 unspecified atom stereocenters. The van der Waals surface area contributed by atoms with E-state index in [4.69, 9.17) is 4.74 Å². The Labute approximate surface area is 234 Å². The zero-order valence-corrected chi connectivity index (χ0v) is 22.4. The Bertz CT molecular complexity index is 1520. The molecule has 40 heavy (non-hydrogen) atoms. The molecule has 0 saturated heterocycles. The molecule has 200 valence electrons. The predicted molar refractivity (Wildman–Crippen MR) is 159 cm³/mol. The minimum atomic E-state index is -0.503. The molecule has 6 nitrogen and oxygen atoms in total. The van der Waals surface area contributed by atoms with Crippen molar-refractivity contribution in [3.63, 3.8) is 0 Å². The van der Waals surface area contributed by atoms with Gasteiger partial charge in [-0.1, -0.05) is 66.2 Å². The summed E-state index contributed by atoms with van der Waals surface area (Å²) in [5.41, 5.74) is 4.27. The van der Waals surface area contributed by atoms with Gasteiger partial charge in [0.2, 0.25) is 0 Å². The third kappa shape index (κ3) is 7.88. The summed E-state index contributed by atoms with van der Waals surface area (Å²) in [7, 11) is 0. The van der Waals surface area contributed by atoms with Gasteiger partial charge in [0.1, 0.15) is 11.4 Å². The van der Waals surface area contributed by atoms with Crippen molar-refractivity contribution in [2.75, 3.05) is 11.9 Å². The molecule has 0 radical (unpaired) electrons. The van der Waals surface area contributed by atoms with E-state index in [1.165, 1.54) is 6.08 Å². The number of ether oxygens (including phenoxy) is 1. The van der Waals surface area contributed by atoms with E-state index in [2.05, 4.69) is 10.6 Å². The second-order valence-electron chi connectivity index (χ2n) is 9.02. The van der Waals surface area contributed by atoms with Crippen molar-refractivity contribution in [1.82, 2.24) is 5.32 Å². The molecule has 2 amide bonds. The Balaban J connectivity index is 1.49. The van der Waals surface area contributed by atoms with Gasteiger partial charge in [0, 0.05) is 16.8 Å². The Morgan fingerprint density at radius 1 is 0.750 bits per heavy atom. The van der Waals surface area contributed by atoms with Crippen LogP contribution in [0.25, 0.3) is 12.2 Å². The Morgan fingerprint density at radius 2 is 1.40 bits per heavy atom. The van der Waals surface area contributed by atoms with Crippen molar-refractivity contribution < 1.29 is 19.1 Å². The summed E-state index contributed by atoms with van der Waals surface area (Å²) in [6.45, 7) is 4.46. The highest BCUT2D eigenvalue weighted by atomic mass is 16.5. The van der Waals surface area contributed by atoms with Crippen LogP contribution >= 0.6 is 0 Å². The van der Waals surface area contributed by atoms with E-state index < -0.39 is 11.8 Å². The lowest BCUT2D eigenvalue weighted by molar-refractivity contribution is -0.113. The molecular formula is C34H30N2O4. The van der Waals surface area contributed by atoms with Crippen LogP contribution in [-0.4, -0.2) is 24.2 Å². The van der Waals surface area contributed by atoms with Gasteiger partial charge in [-0.3, -0.25) is 14.4 Å². The van der Waals surface area contributed by atoms with E-state index >= 15 is 0 Å². The first-order chi connectivity index (χ1) is 19.4. The topological polar surface area (TPSA) is 84.5 Å². The molecule has 0 heterocycles. The van der Waals surface area contributed by atoms with Crippen LogP contribution in [0.5, 0.6) is 5.75 Å². The molecular weight excluding hydrogens is 500 g/mol. The van der Waals surface area contributed by atoms with Crippen LogP contribution in [-0.2, 0) is 4.79 Å². The molecule has 0 atom stereocenters. The molecule has 0 bridgehead atoms. The number of carbonyl (C=O) groups is 3. The van der Waals surface area contributed by atoms with Crippen molar-refractivity contribution in [2.45, 2.75) is 13.8 Å². The number of ketones is 1. The van der Waals surface area contributed by atoms with Crippen molar-refractivity contribution in [3.8, 4) is 5.75 Å². The van der Waals surface area contributed by atoms with Gasteiger partial charge < -0.3 is 15.4 Å². The molecule has 4 aromatic rings. The number of aryl methyl sites for hydroxylation is 1. The molecule has 0 saturated carbocycles. The van der Waals surface area contributed by atoms with Crippen molar-refractivity contribution in [3.05, 3.63) is 143 Å². The first-order valence-corrected chi connectivity index (χ1v) is 12.9. The molecule has 4 aromatic carbocycles. The number of hydrogen-bond acceptors (Lipinski definition) is 4. The number of anilines is 1. The lowest BCUT2D eigenvalue weighted by Crippen LogP contribution is -2.30. The molecule has 2 N–H and O–H groups in total. The first kappa shape index (κ1) is 27.8. The lowest BCUT2D eigenvalue weighted by Gasteiger charge is -2.12. The average molecular weight is 531 g/mol. The fraction of sp³-hybridized carbons (Fsp3) is 0.0882. The zero-order valence-electron chi connectivity index (χ0n) is 22.4. The second-order valence-corrected chi connectivity index (χ2v) is 9.02. The van der Waals surface area contributed by atoms with Crippen LogP contribution in [0.15, 0.2) is 115 Å². The number of nitrogens with one attached hydrogen (secondary N) is 2. The van der Waals surface area contributed by atoms with E-state index in [0.717, 1.165) is 11.1 Å². The third-order valence-corrected chi connectivity index (χ3v) is 5.96. The fourth-order valence-electron chi connectivity index (χ4n) is 3.80. The summed E-state index contributed by atoms with van der Waals surface area (Å²) in [5.74, 6) is -0.349. The molecule has 0 aliphatic carbocycles. The molecule has 6 heteroatoms. The molecule has 0 spiro atoms. The highest BCUT2D eigenvalue weighted by Gasteiger charge is 2.15. The minimum Gasteiger partial charge on any atom is -0.494 e. The van der Waals surface area contributed by atoms with E-state index in [1.54, 1.807) is 84.9 Å². The maximum atomic E-state index is 13.3. The van der Waals surface area contributed by atoms with Crippen LogP contribution in [0.3, 0.4) is 0 Å².